The van der Waals surface area contributed by atoms with Crippen LogP contribution >= 0.6 is 0 Å². The van der Waals surface area contributed by atoms with Crippen LogP contribution in [0.4, 0.5) is 5.69 Å². The summed E-state index contributed by atoms with van der Waals surface area (Å²) < 4.78 is 6.67. The van der Waals surface area contributed by atoms with Crippen molar-refractivity contribution in [2.75, 3.05) is 4.90 Å². The SMILES string of the molecule is C1=CCC(C2C=C(N3c4ccccc4C4=CC=C(C5=C6OC7CCC=CC7C6=CCC5)CC43)N=CC2)C=C1. The largest absolute Gasteiger partial charge is 0.489 e. The molecule has 1 fully saturated rings. The Bertz CT molecular complexity index is 1460. The molecule has 0 N–H and O–H groups in total. The molecule has 8 rings (SSSR count). The summed E-state index contributed by atoms with van der Waals surface area (Å²) in [5, 5.41) is 0. The number of anilines is 1. The minimum atomic E-state index is 0.266. The maximum atomic E-state index is 6.67. The van der Waals surface area contributed by atoms with E-state index in [4.69, 9.17) is 9.73 Å². The normalized spacial score (nSPS) is 32.5. The van der Waals surface area contributed by atoms with Crippen LogP contribution in [0.25, 0.3) is 5.57 Å². The molecule has 7 aliphatic rings. The van der Waals surface area contributed by atoms with Gasteiger partial charge in [-0.15, -0.1) is 0 Å². The van der Waals surface area contributed by atoms with Crippen molar-refractivity contribution < 1.29 is 4.74 Å². The van der Waals surface area contributed by atoms with Crippen molar-refractivity contribution in [3.05, 3.63) is 119 Å². The van der Waals surface area contributed by atoms with Crippen LogP contribution in [-0.4, -0.2) is 18.4 Å². The zero-order valence-electron chi connectivity index (χ0n) is 21.8. The molecule has 3 nitrogen and oxygen atoms in total. The van der Waals surface area contributed by atoms with Gasteiger partial charge in [-0.2, -0.15) is 0 Å². The lowest BCUT2D eigenvalue weighted by Crippen LogP contribution is -2.33. The highest BCUT2D eigenvalue weighted by atomic mass is 16.5. The molecule has 3 heterocycles. The third-order valence-corrected chi connectivity index (χ3v) is 9.47. The van der Waals surface area contributed by atoms with Gasteiger partial charge in [0, 0.05) is 23.3 Å². The quantitative estimate of drug-likeness (QED) is 0.395. The van der Waals surface area contributed by atoms with Gasteiger partial charge < -0.3 is 9.64 Å². The van der Waals surface area contributed by atoms with E-state index in [1.807, 2.05) is 0 Å². The van der Waals surface area contributed by atoms with Crippen LogP contribution in [-0.2, 0) is 4.74 Å². The zero-order valence-corrected chi connectivity index (χ0v) is 21.8. The highest BCUT2D eigenvalue weighted by Gasteiger charge is 2.42. The fraction of sp³-hybridized carbons (Fsp3) is 0.343. The van der Waals surface area contributed by atoms with Crippen LogP contribution in [0.5, 0.6) is 0 Å². The second-order valence-corrected chi connectivity index (χ2v) is 11.6. The number of allylic oxidation sites excluding steroid dienone is 11. The van der Waals surface area contributed by atoms with Gasteiger partial charge in [0.2, 0.25) is 0 Å². The van der Waals surface area contributed by atoms with Crippen LogP contribution in [0.1, 0.15) is 50.5 Å². The molecule has 0 radical (unpaired) electrons. The summed E-state index contributed by atoms with van der Waals surface area (Å²) >= 11 is 0. The fourth-order valence-corrected chi connectivity index (χ4v) is 7.60. The first kappa shape index (κ1) is 22.4. The molecule has 0 spiro atoms. The first-order valence-electron chi connectivity index (χ1n) is 14.5. The van der Waals surface area contributed by atoms with Gasteiger partial charge in [-0.05, 0) is 85.6 Å². The number of fused-ring (bicyclic) bond motifs is 6. The molecule has 4 aliphatic carbocycles. The standard InChI is InChI=1S/C35H34N2O/c1-2-9-23(10-3-1)24-19-20-36-34(22-24)37-31-15-6-4-11-27(31)28-18-17-25(21-32(28)37)26-13-8-14-30-29-12-5-7-16-33(29)38-35(26)30/h1-6,9,11-12,14-15,17-18,20,22-24,29,32-33H,7-8,10,13,16,19,21H2. The zero-order chi connectivity index (χ0) is 25.1. The third kappa shape index (κ3) is 3.51. The van der Waals surface area contributed by atoms with Crippen molar-refractivity contribution in [1.82, 2.24) is 0 Å². The van der Waals surface area contributed by atoms with E-state index in [9.17, 15) is 0 Å². The van der Waals surface area contributed by atoms with Gasteiger partial charge in [-0.25, -0.2) is 4.99 Å². The molecule has 5 atom stereocenters. The van der Waals surface area contributed by atoms with E-state index in [2.05, 4.69) is 96.1 Å². The van der Waals surface area contributed by atoms with Crippen molar-refractivity contribution in [2.45, 2.75) is 57.1 Å². The fourth-order valence-electron chi connectivity index (χ4n) is 7.60. The summed E-state index contributed by atoms with van der Waals surface area (Å²) in [6.45, 7) is 0. The van der Waals surface area contributed by atoms with Gasteiger partial charge in [0.1, 0.15) is 17.7 Å². The van der Waals surface area contributed by atoms with Crippen LogP contribution in [0, 0.1) is 17.8 Å². The Morgan fingerprint density at radius 3 is 2.84 bits per heavy atom. The number of hydrogen-bond acceptors (Lipinski definition) is 3. The van der Waals surface area contributed by atoms with Crippen molar-refractivity contribution in [3.8, 4) is 0 Å². The number of aliphatic imine (C=N–C) groups is 1. The predicted molar refractivity (Wildman–Crippen MR) is 156 cm³/mol. The average Bonchev–Trinajstić information content (AvgIpc) is 3.53. The third-order valence-electron chi connectivity index (χ3n) is 9.47. The molecular formula is C35H34N2O. The minimum Gasteiger partial charge on any atom is -0.489 e. The van der Waals surface area contributed by atoms with Crippen LogP contribution in [0.3, 0.4) is 0 Å². The van der Waals surface area contributed by atoms with Gasteiger partial charge >= 0.3 is 0 Å². The Balaban J connectivity index is 1.16. The molecule has 0 amide bonds. The first-order valence-corrected chi connectivity index (χ1v) is 14.5. The van der Waals surface area contributed by atoms with Crippen molar-refractivity contribution in [3.63, 3.8) is 0 Å². The van der Waals surface area contributed by atoms with Gasteiger partial charge in [0.05, 0.1) is 11.7 Å². The maximum absolute atomic E-state index is 6.67. The molecule has 1 aromatic rings. The second kappa shape index (κ2) is 9.01. The molecule has 5 unspecified atom stereocenters. The number of benzene rings is 1. The number of hydrogen-bond donors (Lipinski definition) is 0. The van der Waals surface area contributed by atoms with E-state index in [0.29, 0.717) is 23.9 Å². The molecule has 3 aliphatic heterocycles. The lowest BCUT2D eigenvalue weighted by Gasteiger charge is -2.34. The van der Waals surface area contributed by atoms with Crippen LogP contribution < -0.4 is 4.90 Å². The molecule has 1 saturated heterocycles. The molecule has 0 bridgehead atoms. The topological polar surface area (TPSA) is 24.8 Å². The minimum absolute atomic E-state index is 0.266. The van der Waals surface area contributed by atoms with Crippen molar-refractivity contribution >= 4 is 17.5 Å². The second-order valence-electron chi connectivity index (χ2n) is 11.6. The van der Waals surface area contributed by atoms with E-state index in [-0.39, 0.29) is 6.04 Å². The highest BCUT2D eigenvalue weighted by molar-refractivity contribution is 5.91. The van der Waals surface area contributed by atoms with Gasteiger partial charge in [-0.1, -0.05) is 72.9 Å². The summed E-state index contributed by atoms with van der Waals surface area (Å²) in [7, 11) is 0. The van der Waals surface area contributed by atoms with Crippen molar-refractivity contribution in [1.29, 1.82) is 0 Å². The Kier molecular flexibility index (Phi) is 5.31. The van der Waals surface area contributed by atoms with Crippen LogP contribution in [0.2, 0.25) is 0 Å². The maximum Gasteiger partial charge on any atom is 0.129 e. The number of ether oxygens (including phenoxy) is 1. The van der Waals surface area contributed by atoms with E-state index in [1.165, 1.54) is 39.3 Å². The average molecular weight is 499 g/mol. The molecule has 0 saturated carbocycles. The Morgan fingerprint density at radius 2 is 1.89 bits per heavy atom. The van der Waals surface area contributed by atoms with E-state index >= 15 is 0 Å². The van der Waals surface area contributed by atoms with E-state index < -0.39 is 0 Å². The molecule has 1 aromatic carbocycles. The lowest BCUT2D eigenvalue weighted by atomic mass is 9.80. The van der Waals surface area contributed by atoms with Gasteiger partial charge in [0.15, 0.2) is 0 Å². The smallest absolute Gasteiger partial charge is 0.129 e. The van der Waals surface area contributed by atoms with Gasteiger partial charge in [0.25, 0.3) is 0 Å². The molecule has 0 aromatic heterocycles. The summed E-state index contributed by atoms with van der Waals surface area (Å²) in [5.74, 6) is 3.78. The van der Waals surface area contributed by atoms with Crippen molar-refractivity contribution in [2.24, 2.45) is 22.7 Å². The molecule has 190 valence electrons. The highest BCUT2D eigenvalue weighted by Crippen LogP contribution is 2.51. The summed E-state index contributed by atoms with van der Waals surface area (Å²) in [6, 6.07) is 9.17. The Labute approximate surface area is 225 Å². The number of para-hydroxylation sites is 1. The molecule has 38 heavy (non-hydrogen) atoms. The van der Waals surface area contributed by atoms with E-state index in [1.54, 1.807) is 0 Å². The summed E-state index contributed by atoms with van der Waals surface area (Å²) in [5.41, 5.74) is 8.38. The van der Waals surface area contributed by atoms with E-state index in [0.717, 1.165) is 50.8 Å². The number of nitrogens with zero attached hydrogens (tertiary/aromatic N) is 2. The predicted octanol–water partition coefficient (Wildman–Crippen LogP) is 7.99. The molecule has 3 heteroatoms. The summed E-state index contributed by atoms with van der Waals surface area (Å²) in [6.07, 6.45) is 33.5. The Morgan fingerprint density at radius 1 is 0.921 bits per heavy atom. The van der Waals surface area contributed by atoms with Gasteiger partial charge in [-0.3, -0.25) is 0 Å². The lowest BCUT2D eigenvalue weighted by molar-refractivity contribution is 0.129. The molecular weight excluding hydrogens is 464 g/mol. The van der Waals surface area contributed by atoms with Crippen LogP contribution in [0.15, 0.2) is 118 Å². The Hall–Kier alpha value is -3.59. The first-order chi connectivity index (χ1) is 18.8. The number of rotatable bonds is 3. The monoisotopic (exact) mass is 498 g/mol. The summed E-state index contributed by atoms with van der Waals surface area (Å²) in [4.78, 5) is 7.54.